The third kappa shape index (κ3) is 1.76. The second-order valence-corrected chi connectivity index (χ2v) is 4.36. The van der Waals surface area contributed by atoms with E-state index in [1.54, 1.807) is 0 Å². The van der Waals surface area contributed by atoms with Crippen molar-refractivity contribution >= 4 is 11.6 Å². The van der Waals surface area contributed by atoms with Gasteiger partial charge >= 0.3 is 0 Å². The molecule has 14 heavy (non-hydrogen) atoms. The van der Waals surface area contributed by atoms with Gasteiger partial charge in [0.25, 0.3) is 0 Å². The summed E-state index contributed by atoms with van der Waals surface area (Å²) in [6.45, 7) is 0. The Hall–Kier alpha value is -0.630. The van der Waals surface area contributed by atoms with E-state index in [9.17, 15) is 8.78 Å². The molecule has 3 heteroatoms. The first-order chi connectivity index (χ1) is 6.68. The van der Waals surface area contributed by atoms with E-state index in [0.717, 1.165) is 12.8 Å². The molecule has 76 valence electrons. The second kappa shape index (κ2) is 3.85. The highest BCUT2D eigenvalue weighted by molar-refractivity contribution is 6.20. The smallest absolute Gasteiger partial charge is 0.129 e. The standard InChI is InChI=1S/C11H11ClF2/c12-8-5-4-7(6-8)11-9(13)2-1-3-10(11)14/h1-3,7-8H,4-6H2. The fourth-order valence-corrected chi connectivity index (χ4v) is 2.43. The van der Waals surface area contributed by atoms with E-state index >= 15 is 0 Å². The molecule has 0 saturated heterocycles. The molecule has 0 heterocycles. The summed E-state index contributed by atoms with van der Waals surface area (Å²) in [5.41, 5.74) is 0.218. The Bertz CT molecular complexity index is 318. The normalized spacial score (nSPS) is 26.8. The van der Waals surface area contributed by atoms with Gasteiger partial charge in [-0.2, -0.15) is 0 Å². The van der Waals surface area contributed by atoms with Crippen LogP contribution in [0.15, 0.2) is 18.2 Å². The molecular formula is C11H11ClF2. The van der Waals surface area contributed by atoms with Crippen LogP contribution in [0.5, 0.6) is 0 Å². The molecule has 0 aromatic heterocycles. The molecule has 1 saturated carbocycles. The Morgan fingerprint density at radius 3 is 2.29 bits per heavy atom. The minimum absolute atomic E-state index is 0.0429. The quantitative estimate of drug-likeness (QED) is 0.626. The minimum Gasteiger partial charge on any atom is -0.207 e. The van der Waals surface area contributed by atoms with E-state index in [-0.39, 0.29) is 16.9 Å². The fraction of sp³-hybridized carbons (Fsp3) is 0.455. The maximum Gasteiger partial charge on any atom is 0.129 e. The Morgan fingerprint density at radius 2 is 1.79 bits per heavy atom. The average molecular weight is 217 g/mol. The van der Waals surface area contributed by atoms with E-state index in [1.807, 2.05) is 0 Å². The maximum atomic E-state index is 13.3. The number of hydrogen-bond donors (Lipinski definition) is 0. The first-order valence-electron chi connectivity index (χ1n) is 4.76. The zero-order valence-corrected chi connectivity index (χ0v) is 8.40. The fourth-order valence-electron chi connectivity index (χ4n) is 2.09. The largest absolute Gasteiger partial charge is 0.207 e. The van der Waals surface area contributed by atoms with Crippen LogP contribution >= 0.6 is 11.6 Å². The monoisotopic (exact) mass is 216 g/mol. The van der Waals surface area contributed by atoms with E-state index in [0.29, 0.717) is 6.42 Å². The van der Waals surface area contributed by atoms with Crippen LogP contribution in [0, 0.1) is 11.6 Å². The van der Waals surface area contributed by atoms with Crippen molar-refractivity contribution in [2.45, 2.75) is 30.6 Å². The van der Waals surface area contributed by atoms with Crippen LogP contribution in [0.2, 0.25) is 0 Å². The third-order valence-electron chi connectivity index (χ3n) is 2.78. The maximum absolute atomic E-state index is 13.3. The lowest BCUT2D eigenvalue weighted by molar-refractivity contribution is 0.524. The highest BCUT2D eigenvalue weighted by Gasteiger charge is 2.28. The summed E-state index contributed by atoms with van der Waals surface area (Å²) in [7, 11) is 0. The topological polar surface area (TPSA) is 0 Å². The summed E-state index contributed by atoms with van der Waals surface area (Å²) in [4.78, 5) is 0. The van der Waals surface area contributed by atoms with Crippen LogP contribution in [0.25, 0.3) is 0 Å². The van der Waals surface area contributed by atoms with Gasteiger partial charge in [0.15, 0.2) is 0 Å². The van der Waals surface area contributed by atoms with Gasteiger partial charge in [-0.3, -0.25) is 0 Å². The Morgan fingerprint density at radius 1 is 1.14 bits per heavy atom. The number of alkyl halides is 1. The summed E-state index contributed by atoms with van der Waals surface area (Å²) in [6.07, 6.45) is 2.31. The van der Waals surface area contributed by atoms with Gasteiger partial charge in [-0.15, -0.1) is 11.6 Å². The van der Waals surface area contributed by atoms with Gasteiger partial charge in [0.1, 0.15) is 11.6 Å². The van der Waals surface area contributed by atoms with Crippen molar-refractivity contribution in [1.82, 2.24) is 0 Å². The number of halogens is 3. The second-order valence-electron chi connectivity index (χ2n) is 3.74. The molecule has 0 nitrogen and oxygen atoms in total. The first-order valence-corrected chi connectivity index (χ1v) is 5.20. The van der Waals surface area contributed by atoms with Crippen LogP contribution in [-0.4, -0.2) is 5.38 Å². The van der Waals surface area contributed by atoms with Gasteiger partial charge in [0.2, 0.25) is 0 Å². The molecule has 0 bridgehead atoms. The predicted molar refractivity (Wildman–Crippen MR) is 52.6 cm³/mol. The van der Waals surface area contributed by atoms with Crippen molar-refractivity contribution in [2.75, 3.05) is 0 Å². The summed E-state index contributed by atoms with van der Waals surface area (Å²) < 4.78 is 26.7. The molecule has 0 spiro atoms. The molecule has 1 fully saturated rings. The molecule has 1 aliphatic rings. The summed E-state index contributed by atoms with van der Waals surface area (Å²) in [6, 6.07) is 4.00. The Balaban J connectivity index is 2.31. The zero-order valence-electron chi connectivity index (χ0n) is 7.64. The molecule has 1 aromatic rings. The summed E-state index contributed by atoms with van der Waals surface area (Å²) >= 11 is 5.92. The van der Waals surface area contributed by atoms with Crippen LogP contribution in [-0.2, 0) is 0 Å². The van der Waals surface area contributed by atoms with E-state index in [1.165, 1.54) is 18.2 Å². The molecule has 2 atom stereocenters. The molecule has 1 aliphatic carbocycles. The van der Waals surface area contributed by atoms with Crippen LogP contribution in [0.4, 0.5) is 8.78 Å². The molecule has 0 amide bonds. The van der Waals surface area contributed by atoms with E-state index in [4.69, 9.17) is 11.6 Å². The molecule has 2 rings (SSSR count). The van der Waals surface area contributed by atoms with Crippen molar-refractivity contribution in [3.63, 3.8) is 0 Å². The summed E-state index contributed by atoms with van der Waals surface area (Å²) in [5.74, 6) is -0.930. The lowest BCUT2D eigenvalue weighted by atomic mass is 9.96. The summed E-state index contributed by atoms with van der Waals surface area (Å²) in [5, 5.41) is 0.0685. The van der Waals surface area contributed by atoms with Crippen molar-refractivity contribution in [1.29, 1.82) is 0 Å². The van der Waals surface area contributed by atoms with Crippen LogP contribution in [0.3, 0.4) is 0 Å². The minimum atomic E-state index is -0.444. The van der Waals surface area contributed by atoms with E-state index in [2.05, 4.69) is 0 Å². The van der Waals surface area contributed by atoms with Gasteiger partial charge < -0.3 is 0 Å². The van der Waals surface area contributed by atoms with Crippen molar-refractivity contribution < 1.29 is 8.78 Å². The van der Waals surface area contributed by atoms with Crippen LogP contribution in [0.1, 0.15) is 30.7 Å². The molecular weight excluding hydrogens is 206 g/mol. The van der Waals surface area contributed by atoms with E-state index < -0.39 is 11.6 Å². The molecule has 1 aromatic carbocycles. The number of rotatable bonds is 1. The van der Waals surface area contributed by atoms with Gasteiger partial charge in [-0.25, -0.2) is 8.78 Å². The van der Waals surface area contributed by atoms with Gasteiger partial charge in [-0.1, -0.05) is 6.07 Å². The number of benzene rings is 1. The van der Waals surface area contributed by atoms with Gasteiger partial charge in [0.05, 0.1) is 0 Å². The lowest BCUT2D eigenvalue weighted by Crippen LogP contribution is -2.01. The predicted octanol–water partition coefficient (Wildman–Crippen LogP) is 3.84. The van der Waals surface area contributed by atoms with Crippen molar-refractivity contribution in [2.24, 2.45) is 0 Å². The lowest BCUT2D eigenvalue weighted by Gasteiger charge is -2.11. The third-order valence-corrected chi connectivity index (χ3v) is 3.17. The zero-order chi connectivity index (χ0) is 10.1. The highest BCUT2D eigenvalue weighted by Crippen LogP contribution is 2.39. The molecule has 0 N–H and O–H groups in total. The molecule has 2 unspecified atom stereocenters. The Kier molecular flexibility index (Phi) is 2.73. The van der Waals surface area contributed by atoms with Gasteiger partial charge in [-0.05, 0) is 37.3 Å². The highest BCUT2D eigenvalue weighted by atomic mass is 35.5. The number of hydrogen-bond acceptors (Lipinski definition) is 0. The SMILES string of the molecule is Fc1cccc(F)c1C1CCC(Cl)C1. The first kappa shape index (κ1) is 9.91. The van der Waals surface area contributed by atoms with Crippen molar-refractivity contribution in [3.05, 3.63) is 35.4 Å². The van der Waals surface area contributed by atoms with Crippen LogP contribution < -0.4 is 0 Å². The van der Waals surface area contributed by atoms with Crippen molar-refractivity contribution in [3.8, 4) is 0 Å². The Labute approximate surface area is 86.9 Å². The van der Waals surface area contributed by atoms with Gasteiger partial charge in [0, 0.05) is 10.9 Å². The molecule has 0 radical (unpaired) electrons. The average Bonchev–Trinajstić information content (AvgIpc) is 2.51. The molecule has 0 aliphatic heterocycles.